The van der Waals surface area contributed by atoms with E-state index in [1.54, 1.807) is 7.11 Å². The predicted molar refractivity (Wildman–Crippen MR) is 128 cm³/mol. The lowest BCUT2D eigenvalue weighted by Gasteiger charge is -2.62. The average molecular weight is 463 g/mol. The maximum absolute atomic E-state index is 14.1. The van der Waals surface area contributed by atoms with Gasteiger partial charge in [0.15, 0.2) is 0 Å². The van der Waals surface area contributed by atoms with Gasteiger partial charge in [-0.05, 0) is 98.2 Å². The zero-order valence-corrected chi connectivity index (χ0v) is 21.5. The molecular formula is C28H46O5. The summed E-state index contributed by atoms with van der Waals surface area (Å²) in [5, 5.41) is 9.19. The minimum absolute atomic E-state index is 0.149. The van der Waals surface area contributed by atoms with E-state index in [2.05, 4.69) is 27.7 Å². The molecule has 0 aromatic heterocycles. The second kappa shape index (κ2) is 9.60. The van der Waals surface area contributed by atoms with E-state index in [1.807, 2.05) is 0 Å². The molecule has 0 saturated heterocycles. The number of carbonyl (C=O) groups excluding carboxylic acids is 1. The van der Waals surface area contributed by atoms with Crippen molar-refractivity contribution in [2.75, 3.05) is 13.9 Å². The average Bonchev–Trinajstić information content (AvgIpc) is 3.14. The molecule has 0 radical (unpaired) electrons. The first-order valence-electron chi connectivity index (χ1n) is 13.5. The normalized spacial score (nSPS) is 45.7. The molecule has 4 aliphatic carbocycles. The summed E-state index contributed by atoms with van der Waals surface area (Å²) in [5.41, 5.74) is 0.398. The van der Waals surface area contributed by atoms with E-state index in [4.69, 9.17) is 9.47 Å². The lowest BCUT2D eigenvalue weighted by atomic mass is 9.42. The van der Waals surface area contributed by atoms with Gasteiger partial charge in [-0.3, -0.25) is 9.59 Å². The summed E-state index contributed by atoms with van der Waals surface area (Å²) in [4.78, 5) is 25.3. The zero-order chi connectivity index (χ0) is 24.0. The topological polar surface area (TPSA) is 72.8 Å². The van der Waals surface area contributed by atoms with Crippen LogP contribution in [0.5, 0.6) is 0 Å². The van der Waals surface area contributed by atoms with Gasteiger partial charge >= 0.3 is 5.97 Å². The smallest absolute Gasteiger partial charge is 0.303 e. The Morgan fingerprint density at radius 2 is 1.79 bits per heavy atom. The summed E-state index contributed by atoms with van der Waals surface area (Å²) in [7, 11) is 1.67. The van der Waals surface area contributed by atoms with Crippen molar-refractivity contribution in [1.29, 1.82) is 0 Å². The Labute approximate surface area is 200 Å². The molecule has 0 aromatic carbocycles. The van der Waals surface area contributed by atoms with Crippen LogP contribution in [-0.2, 0) is 19.1 Å². The highest BCUT2D eigenvalue weighted by Gasteiger charge is 2.65. The fourth-order valence-corrected chi connectivity index (χ4v) is 9.46. The fraction of sp³-hybridized carbons (Fsp3) is 0.929. The van der Waals surface area contributed by atoms with E-state index in [0.29, 0.717) is 42.2 Å². The largest absolute Gasteiger partial charge is 0.481 e. The minimum atomic E-state index is -0.692. The molecule has 10 atom stereocenters. The number of hydrogen-bond donors (Lipinski definition) is 1. The Kier molecular flexibility index (Phi) is 7.32. The number of ether oxygens (including phenoxy) is 2. The second-order valence-corrected chi connectivity index (χ2v) is 12.4. The van der Waals surface area contributed by atoms with Gasteiger partial charge < -0.3 is 14.6 Å². The van der Waals surface area contributed by atoms with E-state index in [1.165, 1.54) is 6.42 Å². The van der Waals surface area contributed by atoms with E-state index < -0.39 is 5.97 Å². The number of hydrogen-bond acceptors (Lipinski definition) is 4. The van der Waals surface area contributed by atoms with Crippen LogP contribution in [0, 0.1) is 52.3 Å². The molecule has 1 N–H and O–H groups in total. The molecule has 4 aliphatic rings. The molecule has 5 nitrogen and oxygen atoms in total. The summed E-state index contributed by atoms with van der Waals surface area (Å²) < 4.78 is 11.1. The first kappa shape index (κ1) is 25.2. The van der Waals surface area contributed by atoms with Crippen LogP contribution in [0.4, 0.5) is 0 Å². The Hall–Kier alpha value is -0.940. The molecule has 0 spiro atoms. The van der Waals surface area contributed by atoms with Gasteiger partial charge in [0.05, 0.1) is 6.10 Å². The van der Waals surface area contributed by atoms with Gasteiger partial charge in [-0.15, -0.1) is 0 Å². The lowest BCUT2D eigenvalue weighted by Crippen LogP contribution is -2.60. The molecule has 0 amide bonds. The molecule has 33 heavy (non-hydrogen) atoms. The van der Waals surface area contributed by atoms with Crippen LogP contribution in [0.2, 0.25) is 0 Å². The number of Topliss-reactive ketones (excluding diaryl/α,β-unsaturated/α-hetero) is 1. The van der Waals surface area contributed by atoms with Crippen molar-refractivity contribution in [3.05, 3.63) is 0 Å². The Balaban J connectivity index is 1.58. The summed E-state index contributed by atoms with van der Waals surface area (Å²) in [6, 6.07) is 0. The van der Waals surface area contributed by atoms with Crippen molar-refractivity contribution in [1.82, 2.24) is 0 Å². The van der Waals surface area contributed by atoms with Crippen LogP contribution >= 0.6 is 0 Å². The summed E-state index contributed by atoms with van der Waals surface area (Å²) in [6.07, 6.45) is 10.0. The SMILES string of the molecule is CC[C@H]1C(=O)[C@@H]2[C@H](CC[C@]3(C)[C@@H]([C@H](C)CCC(=O)O)CC[C@@H]23)[C@@]2(C)CC[C@@H](OCOC)C[C@@H]12. The van der Waals surface area contributed by atoms with E-state index in [-0.39, 0.29) is 35.2 Å². The first-order valence-corrected chi connectivity index (χ1v) is 13.5. The maximum Gasteiger partial charge on any atom is 0.303 e. The molecule has 4 saturated carbocycles. The van der Waals surface area contributed by atoms with Gasteiger partial charge in [-0.1, -0.05) is 27.7 Å². The van der Waals surface area contributed by atoms with Crippen LogP contribution in [-0.4, -0.2) is 36.9 Å². The molecule has 0 heterocycles. The monoisotopic (exact) mass is 462 g/mol. The molecule has 4 rings (SSSR count). The van der Waals surface area contributed by atoms with Crippen molar-refractivity contribution in [2.45, 2.75) is 98.0 Å². The lowest BCUT2D eigenvalue weighted by molar-refractivity contribution is -0.181. The Morgan fingerprint density at radius 3 is 2.45 bits per heavy atom. The van der Waals surface area contributed by atoms with Crippen molar-refractivity contribution in [3.8, 4) is 0 Å². The van der Waals surface area contributed by atoms with Crippen LogP contribution in [0.3, 0.4) is 0 Å². The van der Waals surface area contributed by atoms with Crippen LogP contribution in [0.25, 0.3) is 0 Å². The molecule has 4 fully saturated rings. The standard InChI is InChI=1S/C28H46O5/c1-6-19-23-15-18(33-16-32-5)11-13-28(23,4)22-12-14-27(3)20(17(2)7-10-24(29)30)8-9-21(27)25(22)26(19)31/h17-23,25H,6-16H2,1-5H3,(H,29,30)/t17-,18-,19-,20-,21+,22+,23+,25+,27-,28-/m1/s1. The van der Waals surface area contributed by atoms with E-state index >= 15 is 0 Å². The number of rotatable bonds is 8. The van der Waals surface area contributed by atoms with Gasteiger partial charge in [-0.2, -0.15) is 0 Å². The number of methoxy groups -OCH3 is 1. The number of carbonyl (C=O) groups is 2. The molecule has 188 valence electrons. The second-order valence-electron chi connectivity index (χ2n) is 12.4. The first-order chi connectivity index (χ1) is 15.7. The van der Waals surface area contributed by atoms with Gasteiger partial charge in [0.1, 0.15) is 12.6 Å². The molecule has 0 unspecified atom stereocenters. The molecule has 0 bridgehead atoms. The van der Waals surface area contributed by atoms with E-state index in [0.717, 1.165) is 51.4 Å². The fourth-order valence-electron chi connectivity index (χ4n) is 9.46. The molecule has 0 aliphatic heterocycles. The summed E-state index contributed by atoms with van der Waals surface area (Å²) in [5.74, 6) is 2.53. The highest BCUT2D eigenvalue weighted by molar-refractivity contribution is 5.86. The van der Waals surface area contributed by atoms with Crippen LogP contribution in [0.15, 0.2) is 0 Å². The quantitative estimate of drug-likeness (QED) is 0.451. The Bertz CT molecular complexity index is 736. The van der Waals surface area contributed by atoms with Crippen molar-refractivity contribution in [2.24, 2.45) is 52.3 Å². The zero-order valence-electron chi connectivity index (χ0n) is 21.5. The Morgan fingerprint density at radius 1 is 1.09 bits per heavy atom. The number of carboxylic acids is 1. The molecule has 0 aromatic rings. The number of ketones is 1. The third kappa shape index (κ3) is 4.20. The van der Waals surface area contributed by atoms with Crippen molar-refractivity contribution < 1.29 is 24.2 Å². The van der Waals surface area contributed by atoms with E-state index in [9.17, 15) is 14.7 Å². The highest BCUT2D eigenvalue weighted by atomic mass is 16.7. The van der Waals surface area contributed by atoms with Crippen LogP contribution < -0.4 is 0 Å². The number of fused-ring (bicyclic) bond motifs is 5. The molecular weight excluding hydrogens is 416 g/mol. The van der Waals surface area contributed by atoms with Crippen molar-refractivity contribution in [3.63, 3.8) is 0 Å². The minimum Gasteiger partial charge on any atom is -0.481 e. The van der Waals surface area contributed by atoms with Crippen molar-refractivity contribution >= 4 is 11.8 Å². The third-order valence-electron chi connectivity index (χ3n) is 11.1. The maximum atomic E-state index is 14.1. The summed E-state index contributed by atoms with van der Waals surface area (Å²) >= 11 is 0. The van der Waals surface area contributed by atoms with Gasteiger partial charge in [0.2, 0.25) is 0 Å². The number of aliphatic carboxylic acids is 1. The van der Waals surface area contributed by atoms with Crippen LogP contribution in [0.1, 0.15) is 91.9 Å². The highest BCUT2D eigenvalue weighted by Crippen LogP contribution is 2.68. The third-order valence-corrected chi connectivity index (χ3v) is 11.1. The van der Waals surface area contributed by atoms with Gasteiger partial charge in [0, 0.05) is 25.4 Å². The number of carboxylic acid groups (broad SMARTS) is 1. The van der Waals surface area contributed by atoms with Gasteiger partial charge in [0.25, 0.3) is 0 Å². The predicted octanol–water partition coefficient (Wildman–Crippen LogP) is 5.95. The van der Waals surface area contributed by atoms with Gasteiger partial charge in [-0.25, -0.2) is 0 Å². The molecule has 5 heteroatoms. The summed E-state index contributed by atoms with van der Waals surface area (Å²) in [6.45, 7) is 9.75.